The molecular weight excluding hydrogens is 286 g/mol. The van der Waals surface area contributed by atoms with Crippen molar-refractivity contribution in [1.82, 2.24) is 14.5 Å². The Morgan fingerprint density at radius 1 is 1.24 bits per heavy atom. The zero-order valence-corrected chi connectivity index (χ0v) is 13.0. The first-order valence-corrected chi connectivity index (χ1v) is 8.54. The van der Waals surface area contributed by atoms with E-state index in [-0.39, 0.29) is 6.04 Å². The van der Waals surface area contributed by atoms with Gasteiger partial charge in [0.25, 0.3) is 0 Å². The van der Waals surface area contributed by atoms with Crippen LogP contribution >= 0.6 is 0 Å². The Bertz CT molecular complexity index is 718. The summed E-state index contributed by atoms with van der Waals surface area (Å²) in [6.07, 6.45) is 1.74. The number of benzene rings is 1. The topological polar surface area (TPSA) is 66.1 Å². The van der Waals surface area contributed by atoms with Gasteiger partial charge in [0.05, 0.1) is 17.4 Å². The lowest BCUT2D eigenvalue weighted by Crippen LogP contribution is -2.31. The predicted octanol–water partition coefficient (Wildman–Crippen LogP) is 2.55. The molecule has 5 nitrogen and oxygen atoms in total. The number of aromatic nitrogens is 2. The van der Waals surface area contributed by atoms with Crippen LogP contribution in [0.15, 0.2) is 35.2 Å². The van der Waals surface area contributed by atoms with Crippen LogP contribution < -0.4 is 0 Å². The van der Waals surface area contributed by atoms with Crippen LogP contribution in [0.4, 0.5) is 0 Å². The summed E-state index contributed by atoms with van der Waals surface area (Å²) in [7, 11) is -3.51. The second kappa shape index (κ2) is 5.27. The second-order valence-electron chi connectivity index (χ2n) is 5.45. The maximum atomic E-state index is 13.0. The highest BCUT2D eigenvalue weighted by molar-refractivity contribution is 7.89. The lowest BCUT2D eigenvalue weighted by molar-refractivity contribution is 0.396. The molecule has 0 bridgehead atoms. The summed E-state index contributed by atoms with van der Waals surface area (Å²) >= 11 is 0. The summed E-state index contributed by atoms with van der Waals surface area (Å²) in [5.74, 6) is 0. The highest BCUT2D eigenvalue weighted by Crippen LogP contribution is 2.37. The lowest BCUT2D eigenvalue weighted by Gasteiger charge is -2.24. The van der Waals surface area contributed by atoms with E-state index in [0.29, 0.717) is 22.8 Å². The minimum absolute atomic E-state index is 0.0788. The van der Waals surface area contributed by atoms with Crippen molar-refractivity contribution in [2.75, 3.05) is 6.54 Å². The van der Waals surface area contributed by atoms with Crippen LogP contribution in [-0.2, 0) is 10.0 Å². The van der Waals surface area contributed by atoms with Crippen molar-refractivity contribution in [3.8, 4) is 0 Å². The molecule has 2 heterocycles. The minimum Gasteiger partial charge on any atom is -0.281 e. The van der Waals surface area contributed by atoms with Gasteiger partial charge in [-0.3, -0.25) is 5.10 Å². The van der Waals surface area contributed by atoms with Crippen LogP contribution in [0, 0.1) is 13.8 Å². The van der Waals surface area contributed by atoms with Crippen molar-refractivity contribution in [3.05, 3.63) is 47.3 Å². The molecule has 1 unspecified atom stereocenters. The number of aromatic amines is 1. The van der Waals surface area contributed by atoms with E-state index in [9.17, 15) is 8.42 Å². The summed E-state index contributed by atoms with van der Waals surface area (Å²) in [5.41, 5.74) is 2.19. The fraction of sp³-hybridized carbons (Fsp3) is 0.400. The molecule has 1 aromatic carbocycles. The van der Waals surface area contributed by atoms with E-state index in [4.69, 9.17) is 0 Å². The number of hydrogen-bond acceptors (Lipinski definition) is 3. The van der Waals surface area contributed by atoms with Gasteiger partial charge in [-0.25, -0.2) is 8.42 Å². The van der Waals surface area contributed by atoms with Gasteiger partial charge in [-0.2, -0.15) is 9.40 Å². The van der Waals surface area contributed by atoms with Crippen LogP contribution in [0.2, 0.25) is 0 Å². The quantitative estimate of drug-likeness (QED) is 0.947. The van der Waals surface area contributed by atoms with E-state index in [1.54, 1.807) is 18.2 Å². The molecular formula is C15H19N3O2S. The van der Waals surface area contributed by atoms with Crippen LogP contribution in [0.5, 0.6) is 0 Å². The van der Waals surface area contributed by atoms with Gasteiger partial charge < -0.3 is 0 Å². The summed E-state index contributed by atoms with van der Waals surface area (Å²) in [6.45, 7) is 4.04. The third-order valence-electron chi connectivity index (χ3n) is 4.02. The van der Waals surface area contributed by atoms with Crippen molar-refractivity contribution >= 4 is 10.0 Å². The summed E-state index contributed by atoms with van der Waals surface area (Å²) in [4.78, 5) is 0.324. The Balaban J connectivity index is 2.03. The zero-order chi connectivity index (χ0) is 15.0. The van der Waals surface area contributed by atoms with Crippen LogP contribution in [0.1, 0.15) is 35.8 Å². The van der Waals surface area contributed by atoms with Gasteiger partial charge in [0.2, 0.25) is 10.0 Å². The van der Waals surface area contributed by atoms with Crippen molar-refractivity contribution in [3.63, 3.8) is 0 Å². The van der Waals surface area contributed by atoms with E-state index >= 15 is 0 Å². The van der Waals surface area contributed by atoms with Crippen molar-refractivity contribution < 1.29 is 8.42 Å². The average Bonchev–Trinajstić information content (AvgIpc) is 3.07. The molecule has 1 saturated heterocycles. The molecule has 1 N–H and O–H groups in total. The molecule has 1 aliphatic rings. The average molecular weight is 305 g/mol. The Morgan fingerprint density at radius 2 is 1.95 bits per heavy atom. The minimum atomic E-state index is -3.51. The van der Waals surface area contributed by atoms with E-state index in [0.717, 1.165) is 18.4 Å². The molecule has 1 aliphatic heterocycles. The van der Waals surface area contributed by atoms with Crippen molar-refractivity contribution in [2.45, 2.75) is 37.6 Å². The summed E-state index contributed by atoms with van der Waals surface area (Å²) in [5, 5.41) is 6.79. The van der Waals surface area contributed by atoms with E-state index < -0.39 is 10.0 Å². The Morgan fingerprint density at radius 3 is 2.57 bits per heavy atom. The largest absolute Gasteiger partial charge is 0.281 e. The number of sulfonamides is 1. The second-order valence-corrected chi connectivity index (χ2v) is 7.28. The first-order valence-electron chi connectivity index (χ1n) is 7.10. The van der Waals surface area contributed by atoms with Crippen LogP contribution in [0.25, 0.3) is 0 Å². The van der Waals surface area contributed by atoms with Crippen LogP contribution in [-0.4, -0.2) is 29.5 Å². The number of nitrogens with one attached hydrogen (secondary N) is 1. The van der Waals surface area contributed by atoms with Gasteiger partial charge in [-0.1, -0.05) is 30.3 Å². The normalized spacial score (nSPS) is 20.0. The van der Waals surface area contributed by atoms with Gasteiger partial charge in [0.15, 0.2) is 0 Å². The van der Waals surface area contributed by atoms with E-state index in [1.807, 2.05) is 30.3 Å². The molecule has 0 spiro atoms. The Labute approximate surface area is 125 Å². The number of hydrogen-bond donors (Lipinski definition) is 1. The molecule has 1 aromatic heterocycles. The molecule has 1 atom stereocenters. The first kappa shape index (κ1) is 14.3. The molecule has 0 aliphatic carbocycles. The van der Waals surface area contributed by atoms with Gasteiger partial charge in [0, 0.05) is 6.54 Å². The monoisotopic (exact) mass is 305 g/mol. The van der Waals surface area contributed by atoms with Crippen molar-refractivity contribution in [2.24, 2.45) is 0 Å². The molecule has 112 valence electrons. The van der Waals surface area contributed by atoms with Gasteiger partial charge in [0.1, 0.15) is 4.90 Å². The first-order chi connectivity index (χ1) is 10.0. The maximum Gasteiger partial charge on any atom is 0.247 e. The summed E-state index contributed by atoms with van der Waals surface area (Å²) in [6, 6.07) is 9.76. The molecule has 6 heteroatoms. The Hall–Kier alpha value is -1.66. The molecule has 2 aromatic rings. The molecule has 1 fully saturated rings. The molecule has 0 saturated carbocycles. The molecule has 3 rings (SSSR count). The lowest BCUT2D eigenvalue weighted by atomic mass is 10.1. The maximum absolute atomic E-state index is 13.0. The third-order valence-corrected chi connectivity index (χ3v) is 6.19. The SMILES string of the molecule is Cc1n[nH]c(C)c1S(=O)(=O)N1CCCC1c1ccccc1. The smallest absolute Gasteiger partial charge is 0.247 e. The van der Waals surface area contributed by atoms with Gasteiger partial charge in [-0.15, -0.1) is 0 Å². The molecule has 0 radical (unpaired) electrons. The number of H-pyrrole nitrogens is 1. The predicted molar refractivity (Wildman–Crippen MR) is 80.4 cm³/mol. The third kappa shape index (κ3) is 2.38. The standard InChI is InChI=1S/C15H19N3O2S/c1-11-15(12(2)17-16-11)21(19,20)18-10-6-9-14(18)13-7-4-3-5-8-13/h3-5,7-8,14H,6,9-10H2,1-2H3,(H,16,17). The van der Waals surface area contributed by atoms with E-state index in [1.165, 1.54) is 0 Å². The number of rotatable bonds is 3. The fourth-order valence-corrected chi connectivity index (χ4v) is 5.09. The molecule has 21 heavy (non-hydrogen) atoms. The molecule has 0 amide bonds. The highest BCUT2D eigenvalue weighted by Gasteiger charge is 2.38. The zero-order valence-electron chi connectivity index (χ0n) is 12.2. The van der Waals surface area contributed by atoms with Gasteiger partial charge in [-0.05, 0) is 32.3 Å². The van der Waals surface area contributed by atoms with Crippen molar-refractivity contribution in [1.29, 1.82) is 0 Å². The Kier molecular flexibility index (Phi) is 3.59. The number of nitrogens with zero attached hydrogens (tertiary/aromatic N) is 2. The summed E-state index contributed by atoms with van der Waals surface area (Å²) < 4.78 is 27.6. The highest BCUT2D eigenvalue weighted by atomic mass is 32.2. The fourth-order valence-electron chi connectivity index (χ4n) is 3.07. The van der Waals surface area contributed by atoms with E-state index in [2.05, 4.69) is 10.2 Å². The number of aryl methyl sites for hydroxylation is 2. The van der Waals surface area contributed by atoms with Gasteiger partial charge >= 0.3 is 0 Å². The van der Waals surface area contributed by atoms with Crippen LogP contribution in [0.3, 0.4) is 0 Å².